The molecular formula is C37H43FN10O7. The molecule has 290 valence electrons. The van der Waals surface area contributed by atoms with E-state index in [0.29, 0.717) is 83.8 Å². The van der Waals surface area contributed by atoms with E-state index in [4.69, 9.17) is 14.6 Å². The Hall–Kier alpha value is -5.75. The zero-order valence-electron chi connectivity index (χ0n) is 30.9. The maximum Gasteiger partial charge on any atom is 0.410 e. The first-order valence-electron chi connectivity index (χ1n) is 18.2. The summed E-state index contributed by atoms with van der Waals surface area (Å²) in [6.45, 7) is 7.54. The molecule has 2 aromatic carbocycles. The van der Waals surface area contributed by atoms with Gasteiger partial charge >= 0.3 is 6.09 Å². The van der Waals surface area contributed by atoms with Gasteiger partial charge < -0.3 is 33.7 Å². The molecule has 55 heavy (non-hydrogen) atoms. The Morgan fingerprint density at radius 2 is 1.53 bits per heavy atom. The van der Waals surface area contributed by atoms with Gasteiger partial charge in [-0.2, -0.15) is 5.10 Å². The quantitative estimate of drug-likeness (QED) is 0.219. The molecule has 3 aromatic heterocycles. The summed E-state index contributed by atoms with van der Waals surface area (Å²) >= 11 is 0. The molecule has 0 unspecified atom stereocenters. The van der Waals surface area contributed by atoms with Crippen molar-refractivity contribution in [2.24, 2.45) is 0 Å². The van der Waals surface area contributed by atoms with E-state index in [-0.39, 0.29) is 49.5 Å². The second-order valence-electron chi connectivity index (χ2n) is 14.7. The lowest BCUT2D eigenvalue weighted by Gasteiger charge is -2.30. The molecule has 8 rings (SSSR count). The number of benzene rings is 2. The van der Waals surface area contributed by atoms with Crippen molar-refractivity contribution >= 4 is 22.8 Å². The third kappa shape index (κ3) is 8.19. The number of nitrogens with zero attached hydrogens (tertiary/aromatic N) is 9. The third-order valence-electron chi connectivity index (χ3n) is 9.71. The summed E-state index contributed by atoms with van der Waals surface area (Å²) < 4.78 is 29.7. The zero-order valence-corrected chi connectivity index (χ0v) is 30.9. The average Bonchev–Trinajstić information content (AvgIpc) is 3.77. The molecule has 3 aliphatic rings. The van der Waals surface area contributed by atoms with Gasteiger partial charge in [-0.15, -0.1) is 20.4 Å². The maximum atomic E-state index is 14.8. The van der Waals surface area contributed by atoms with Crippen LogP contribution < -0.4 is 10.3 Å². The highest BCUT2D eigenvalue weighted by Gasteiger charge is 2.29. The van der Waals surface area contributed by atoms with Gasteiger partial charge in [-0.1, -0.05) is 6.07 Å². The van der Waals surface area contributed by atoms with Crippen LogP contribution in [0, 0.1) is 5.82 Å². The number of H-pyrrole nitrogens is 1. The smallest absolute Gasteiger partial charge is 0.410 e. The zero-order chi connectivity index (χ0) is 38.9. The molecule has 0 saturated heterocycles. The minimum absolute atomic E-state index is 0.0458. The second kappa shape index (κ2) is 15.5. The lowest BCUT2D eigenvalue weighted by Crippen LogP contribution is -2.41. The Kier molecular flexibility index (Phi) is 10.6. The van der Waals surface area contributed by atoms with Crippen LogP contribution in [0.4, 0.5) is 9.18 Å². The van der Waals surface area contributed by atoms with E-state index in [2.05, 4.69) is 30.6 Å². The first kappa shape index (κ1) is 37.6. The van der Waals surface area contributed by atoms with E-state index in [9.17, 15) is 23.9 Å². The molecule has 3 N–H and O–H groups in total. The van der Waals surface area contributed by atoms with E-state index < -0.39 is 17.3 Å². The van der Waals surface area contributed by atoms with Crippen molar-refractivity contribution in [1.82, 2.24) is 49.5 Å². The summed E-state index contributed by atoms with van der Waals surface area (Å²) in [7, 11) is 0. The largest absolute Gasteiger partial charge is 0.490 e. The number of carbonyl (C=O) groups excluding carboxylic acids is 2. The summed E-state index contributed by atoms with van der Waals surface area (Å²) in [5, 5.41) is 42.2. The molecule has 18 heteroatoms. The number of aromatic amines is 1. The number of aromatic nitrogens is 8. The predicted octanol–water partition coefficient (Wildman–Crippen LogP) is 2.85. The van der Waals surface area contributed by atoms with Crippen LogP contribution in [0.2, 0.25) is 0 Å². The van der Waals surface area contributed by atoms with Crippen LogP contribution in [-0.2, 0) is 50.6 Å². The van der Waals surface area contributed by atoms with Gasteiger partial charge in [-0.25, -0.2) is 14.3 Å². The maximum absolute atomic E-state index is 14.8. The number of aliphatic hydroxyl groups excluding tert-OH is 2. The molecule has 17 nitrogen and oxygen atoms in total. The van der Waals surface area contributed by atoms with E-state index >= 15 is 0 Å². The van der Waals surface area contributed by atoms with Crippen molar-refractivity contribution in [3.63, 3.8) is 0 Å². The topological polar surface area (TPSA) is 207 Å². The number of ether oxygens (including phenoxy) is 2. The highest BCUT2D eigenvalue weighted by Crippen LogP contribution is 2.29. The molecule has 0 bridgehead atoms. The summed E-state index contributed by atoms with van der Waals surface area (Å²) in [6.07, 6.45) is 3.32. The number of carbonyl (C=O) groups is 2. The average molecular weight is 759 g/mol. The van der Waals surface area contributed by atoms with Crippen LogP contribution in [0.5, 0.6) is 5.75 Å². The van der Waals surface area contributed by atoms with Crippen molar-refractivity contribution < 1.29 is 33.7 Å². The van der Waals surface area contributed by atoms with Crippen molar-refractivity contribution in [2.75, 3.05) is 13.1 Å². The van der Waals surface area contributed by atoms with Crippen LogP contribution in [0.25, 0.3) is 10.8 Å². The number of aliphatic hydroxyl groups is 2. The van der Waals surface area contributed by atoms with Crippen molar-refractivity contribution in [3.05, 3.63) is 92.7 Å². The van der Waals surface area contributed by atoms with Crippen LogP contribution in [0.15, 0.2) is 41.2 Å². The molecule has 0 spiro atoms. The third-order valence-corrected chi connectivity index (χ3v) is 9.71. The highest BCUT2D eigenvalue weighted by atomic mass is 19.1. The summed E-state index contributed by atoms with van der Waals surface area (Å²) in [5.41, 5.74) is 0.431. The Balaban J connectivity index is 0.000000217. The van der Waals surface area contributed by atoms with E-state index in [1.54, 1.807) is 27.7 Å². The minimum atomic E-state index is -0.618. The fourth-order valence-electron chi connectivity index (χ4n) is 6.62. The van der Waals surface area contributed by atoms with Gasteiger partial charge in [-0.05, 0) is 75.9 Å². The number of hydrogen-bond acceptors (Lipinski definition) is 12. The standard InChI is InChI=1S/C26H25FN6O4.C11H18N4O3/c27-21-7-4-15(10-20(21)26(36)32-8-9-33-23(13-32)29-30-24(33)14-34)11-22-19-12-17(37-16-2-1-3-16)5-6-18(19)25(35)31-28-22;1-11(2,3)18-10(17)14-4-5-15-8(6-14)12-13-9(15)7-16/h4-7,10,12,16,34H,1-3,8-9,11,13-14H2,(H,31,35);16H,4-7H2,1-3H3. The lowest BCUT2D eigenvalue weighted by atomic mass is 9.96. The molecular weight excluding hydrogens is 715 g/mol. The predicted molar refractivity (Wildman–Crippen MR) is 193 cm³/mol. The molecule has 1 saturated carbocycles. The van der Waals surface area contributed by atoms with Gasteiger partial charge in [0, 0.05) is 38.0 Å². The Bertz CT molecular complexity index is 2280. The summed E-state index contributed by atoms with van der Waals surface area (Å²) in [5.74, 6) is 1.82. The van der Waals surface area contributed by atoms with Gasteiger partial charge in [0.1, 0.15) is 30.4 Å². The number of hydrogen-bond donors (Lipinski definition) is 3. The van der Waals surface area contributed by atoms with Crippen LogP contribution in [0.3, 0.4) is 0 Å². The fraction of sp³-hybridized carbons (Fsp3) is 0.459. The van der Waals surface area contributed by atoms with Gasteiger partial charge in [-0.3, -0.25) is 14.5 Å². The normalized spacial score (nSPS) is 15.5. The molecule has 0 radical (unpaired) electrons. The second-order valence-corrected chi connectivity index (χ2v) is 14.7. The minimum Gasteiger partial charge on any atom is -0.490 e. The highest BCUT2D eigenvalue weighted by molar-refractivity contribution is 5.95. The fourth-order valence-corrected chi connectivity index (χ4v) is 6.62. The first-order chi connectivity index (χ1) is 26.4. The number of rotatable bonds is 7. The van der Waals surface area contributed by atoms with Crippen LogP contribution in [-0.4, -0.2) is 96.5 Å². The van der Waals surface area contributed by atoms with Crippen molar-refractivity contribution in [1.29, 1.82) is 0 Å². The van der Waals surface area contributed by atoms with Crippen molar-refractivity contribution in [2.45, 2.75) is 97.6 Å². The molecule has 1 fully saturated rings. The Morgan fingerprint density at radius 1 is 0.873 bits per heavy atom. The van der Waals surface area contributed by atoms with E-state index in [1.165, 1.54) is 17.0 Å². The molecule has 5 heterocycles. The SMILES string of the molecule is CC(C)(C)OC(=O)N1CCn2c(CO)nnc2C1.O=C(c1cc(Cc2n[nH]c(=O)c3ccc(OC4CCC4)cc23)ccc1F)N1CCn2c(CO)nnc2C1. The van der Waals surface area contributed by atoms with Gasteiger partial charge in [0.05, 0.1) is 35.8 Å². The molecule has 0 atom stereocenters. The molecule has 2 aliphatic heterocycles. The summed E-state index contributed by atoms with van der Waals surface area (Å²) in [6, 6.07) is 9.76. The lowest BCUT2D eigenvalue weighted by molar-refractivity contribution is 0.0193. The van der Waals surface area contributed by atoms with E-state index in [0.717, 1.165) is 19.3 Å². The van der Waals surface area contributed by atoms with Crippen LogP contribution in [0.1, 0.15) is 84.9 Å². The van der Waals surface area contributed by atoms with Crippen LogP contribution >= 0.6 is 0 Å². The molecule has 5 aromatic rings. The first-order valence-corrected chi connectivity index (χ1v) is 18.2. The Labute approximate surface area is 314 Å². The number of amides is 2. The summed E-state index contributed by atoms with van der Waals surface area (Å²) in [4.78, 5) is 40.6. The number of fused-ring (bicyclic) bond motifs is 3. The monoisotopic (exact) mass is 758 g/mol. The number of nitrogens with one attached hydrogen (secondary N) is 1. The Morgan fingerprint density at radius 3 is 2.15 bits per heavy atom. The van der Waals surface area contributed by atoms with E-state index in [1.807, 2.05) is 31.4 Å². The molecule has 1 aliphatic carbocycles. The van der Waals surface area contributed by atoms with Gasteiger partial charge in [0.2, 0.25) is 0 Å². The van der Waals surface area contributed by atoms with Crippen molar-refractivity contribution in [3.8, 4) is 5.75 Å². The van der Waals surface area contributed by atoms with Gasteiger partial charge in [0.15, 0.2) is 23.3 Å². The van der Waals surface area contributed by atoms with Gasteiger partial charge in [0.25, 0.3) is 11.5 Å². The molecule has 2 amide bonds. The number of halogens is 1.